The van der Waals surface area contributed by atoms with Crippen LogP contribution in [-0.2, 0) is 9.53 Å². The molecular weight excluding hydrogens is 320 g/mol. The minimum atomic E-state index is -0.610. The van der Waals surface area contributed by atoms with Crippen molar-refractivity contribution >= 4 is 17.6 Å². The van der Waals surface area contributed by atoms with Crippen molar-refractivity contribution in [3.05, 3.63) is 60.2 Å². The summed E-state index contributed by atoms with van der Waals surface area (Å²) >= 11 is 0. The molecule has 1 amide bonds. The van der Waals surface area contributed by atoms with E-state index < -0.39 is 18.5 Å². The second kappa shape index (κ2) is 9.08. The van der Waals surface area contributed by atoms with Crippen LogP contribution in [0.15, 0.2) is 54.6 Å². The first-order valence-corrected chi connectivity index (χ1v) is 7.78. The van der Waals surface area contributed by atoms with E-state index in [0.29, 0.717) is 23.6 Å². The van der Waals surface area contributed by atoms with E-state index in [9.17, 15) is 9.59 Å². The van der Waals surface area contributed by atoms with Crippen LogP contribution in [0.25, 0.3) is 0 Å². The number of nitrogens with zero attached hydrogens (tertiary/aromatic N) is 2. The number of carbonyl (C=O) groups is 2. The van der Waals surface area contributed by atoms with Crippen LogP contribution in [0.4, 0.5) is 5.69 Å². The van der Waals surface area contributed by atoms with Gasteiger partial charge in [0, 0.05) is 5.69 Å². The predicted molar refractivity (Wildman–Crippen MR) is 92.3 cm³/mol. The van der Waals surface area contributed by atoms with E-state index in [0.717, 1.165) is 0 Å². The SMILES string of the molecule is CCOc1ccc(C(=O)OCC(=O)N(CC#N)c2ccccc2)cc1. The first-order chi connectivity index (χ1) is 12.2. The van der Waals surface area contributed by atoms with Crippen molar-refractivity contribution in [2.24, 2.45) is 0 Å². The fourth-order valence-corrected chi connectivity index (χ4v) is 2.14. The van der Waals surface area contributed by atoms with Crippen molar-refractivity contribution in [1.82, 2.24) is 0 Å². The maximum atomic E-state index is 12.3. The molecule has 0 aromatic heterocycles. The van der Waals surface area contributed by atoms with Gasteiger partial charge in [-0.15, -0.1) is 0 Å². The van der Waals surface area contributed by atoms with Crippen LogP contribution in [0, 0.1) is 11.3 Å². The minimum absolute atomic E-state index is 0.122. The van der Waals surface area contributed by atoms with Crippen LogP contribution in [0.1, 0.15) is 17.3 Å². The number of benzene rings is 2. The molecule has 0 aliphatic carbocycles. The maximum Gasteiger partial charge on any atom is 0.338 e. The molecule has 128 valence electrons. The molecule has 0 saturated heterocycles. The lowest BCUT2D eigenvalue weighted by molar-refractivity contribution is -0.121. The molecule has 0 atom stereocenters. The van der Waals surface area contributed by atoms with E-state index in [-0.39, 0.29) is 6.54 Å². The van der Waals surface area contributed by atoms with Crippen LogP contribution in [0.5, 0.6) is 5.75 Å². The summed E-state index contributed by atoms with van der Waals surface area (Å²) in [6, 6.07) is 17.2. The molecule has 0 fully saturated rings. The van der Waals surface area contributed by atoms with Crippen molar-refractivity contribution < 1.29 is 19.1 Å². The lowest BCUT2D eigenvalue weighted by atomic mass is 10.2. The largest absolute Gasteiger partial charge is 0.494 e. The van der Waals surface area contributed by atoms with Gasteiger partial charge in [0.15, 0.2) is 6.61 Å². The van der Waals surface area contributed by atoms with Gasteiger partial charge in [0.05, 0.1) is 18.2 Å². The number of para-hydroxylation sites is 1. The minimum Gasteiger partial charge on any atom is -0.494 e. The Balaban J connectivity index is 1.97. The Morgan fingerprint density at radius 2 is 1.76 bits per heavy atom. The second-order valence-electron chi connectivity index (χ2n) is 5.01. The van der Waals surface area contributed by atoms with Crippen molar-refractivity contribution in [2.75, 3.05) is 24.7 Å². The molecule has 0 aliphatic rings. The third-order valence-electron chi connectivity index (χ3n) is 3.33. The second-order valence-corrected chi connectivity index (χ2v) is 5.01. The summed E-state index contributed by atoms with van der Waals surface area (Å²) in [6.07, 6.45) is 0. The molecule has 6 heteroatoms. The van der Waals surface area contributed by atoms with Gasteiger partial charge in [-0.3, -0.25) is 9.69 Å². The zero-order chi connectivity index (χ0) is 18.1. The molecule has 0 unspecified atom stereocenters. The van der Waals surface area contributed by atoms with Gasteiger partial charge in [0.25, 0.3) is 5.91 Å². The number of carbonyl (C=O) groups excluding carboxylic acids is 2. The summed E-state index contributed by atoms with van der Waals surface area (Å²) in [5, 5.41) is 8.91. The maximum absolute atomic E-state index is 12.3. The van der Waals surface area contributed by atoms with Gasteiger partial charge in [0.1, 0.15) is 12.3 Å². The first-order valence-electron chi connectivity index (χ1n) is 7.78. The van der Waals surface area contributed by atoms with Crippen LogP contribution < -0.4 is 9.64 Å². The van der Waals surface area contributed by atoms with Gasteiger partial charge >= 0.3 is 5.97 Å². The smallest absolute Gasteiger partial charge is 0.338 e. The standard InChI is InChI=1S/C19H18N2O4/c1-2-24-17-10-8-15(9-11-17)19(23)25-14-18(22)21(13-12-20)16-6-4-3-5-7-16/h3-11H,2,13-14H2,1H3. The number of hydrogen-bond donors (Lipinski definition) is 0. The summed E-state index contributed by atoms with van der Waals surface area (Å²) in [4.78, 5) is 25.6. The van der Waals surface area contributed by atoms with E-state index >= 15 is 0 Å². The van der Waals surface area contributed by atoms with E-state index in [1.165, 1.54) is 4.90 Å². The highest BCUT2D eigenvalue weighted by molar-refractivity contribution is 5.97. The molecule has 2 aromatic carbocycles. The summed E-state index contributed by atoms with van der Waals surface area (Å²) in [5.41, 5.74) is 0.897. The van der Waals surface area contributed by atoms with Gasteiger partial charge in [0.2, 0.25) is 0 Å². The van der Waals surface area contributed by atoms with Crippen molar-refractivity contribution in [3.63, 3.8) is 0 Å². The van der Waals surface area contributed by atoms with Gasteiger partial charge in [-0.25, -0.2) is 4.79 Å². The molecule has 0 saturated carbocycles. The highest BCUT2D eigenvalue weighted by atomic mass is 16.5. The lowest BCUT2D eigenvalue weighted by Gasteiger charge is -2.19. The molecule has 0 radical (unpaired) electrons. The third-order valence-corrected chi connectivity index (χ3v) is 3.33. The van der Waals surface area contributed by atoms with Gasteiger partial charge in [-0.05, 0) is 43.3 Å². The van der Waals surface area contributed by atoms with Gasteiger partial charge in [-0.2, -0.15) is 5.26 Å². The fraction of sp³-hybridized carbons (Fsp3) is 0.211. The quantitative estimate of drug-likeness (QED) is 0.573. The molecule has 0 spiro atoms. The van der Waals surface area contributed by atoms with Crippen LogP contribution in [-0.4, -0.2) is 31.6 Å². The zero-order valence-electron chi connectivity index (χ0n) is 13.8. The van der Waals surface area contributed by atoms with Crippen LogP contribution in [0.3, 0.4) is 0 Å². The van der Waals surface area contributed by atoms with Crippen LogP contribution in [0.2, 0.25) is 0 Å². The molecule has 25 heavy (non-hydrogen) atoms. The number of anilines is 1. The highest BCUT2D eigenvalue weighted by Crippen LogP contribution is 2.15. The highest BCUT2D eigenvalue weighted by Gasteiger charge is 2.18. The monoisotopic (exact) mass is 338 g/mol. The Morgan fingerprint density at radius 1 is 1.08 bits per heavy atom. The number of esters is 1. The summed E-state index contributed by atoms with van der Waals surface area (Å²) in [5.74, 6) is -0.423. The number of ether oxygens (including phenoxy) is 2. The van der Waals surface area contributed by atoms with E-state index in [1.807, 2.05) is 19.1 Å². The zero-order valence-corrected chi connectivity index (χ0v) is 13.8. The molecule has 0 aliphatic heterocycles. The first kappa shape index (κ1) is 18.0. The van der Waals surface area contributed by atoms with Crippen LogP contribution >= 0.6 is 0 Å². The average molecular weight is 338 g/mol. The molecule has 2 rings (SSSR count). The number of amides is 1. The number of nitriles is 1. The Kier molecular flexibility index (Phi) is 6.55. The van der Waals surface area contributed by atoms with E-state index in [4.69, 9.17) is 14.7 Å². The fourth-order valence-electron chi connectivity index (χ4n) is 2.14. The van der Waals surface area contributed by atoms with Crippen molar-refractivity contribution in [1.29, 1.82) is 5.26 Å². The number of hydrogen-bond acceptors (Lipinski definition) is 5. The normalized spacial score (nSPS) is 9.76. The summed E-state index contributed by atoms with van der Waals surface area (Å²) < 4.78 is 10.4. The molecule has 6 nitrogen and oxygen atoms in total. The number of rotatable bonds is 7. The summed E-state index contributed by atoms with van der Waals surface area (Å²) in [6.45, 7) is 1.84. The molecule has 0 bridgehead atoms. The molecular formula is C19H18N2O4. The predicted octanol–water partition coefficient (Wildman–Crippen LogP) is 2.80. The van der Waals surface area contributed by atoms with Crippen molar-refractivity contribution in [2.45, 2.75) is 6.92 Å². The topological polar surface area (TPSA) is 79.6 Å². The van der Waals surface area contributed by atoms with Gasteiger partial charge in [-0.1, -0.05) is 18.2 Å². The van der Waals surface area contributed by atoms with Gasteiger partial charge < -0.3 is 9.47 Å². The average Bonchev–Trinajstić information content (AvgIpc) is 2.65. The Hall–Kier alpha value is -3.33. The van der Waals surface area contributed by atoms with Crippen molar-refractivity contribution in [3.8, 4) is 11.8 Å². The Labute approximate surface area is 146 Å². The molecule has 2 aromatic rings. The summed E-state index contributed by atoms with van der Waals surface area (Å²) in [7, 11) is 0. The molecule has 0 N–H and O–H groups in total. The van der Waals surface area contributed by atoms with E-state index in [1.54, 1.807) is 48.5 Å². The Bertz CT molecular complexity index is 751. The molecule has 0 heterocycles. The lowest BCUT2D eigenvalue weighted by Crippen LogP contribution is -2.35. The Morgan fingerprint density at radius 3 is 2.36 bits per heavy atom. The van der Waals surface area contributed by atoms with E-state index in [2.05, 4.69) is 0 Å². The third kappa shape index (κ3) is 5.08.